The van der Waals surface area contributed by atoms with Crippen molar-refractivity contribution in [3.05, 3.63) is 98.5 Å². The molecule has 0 aliphatic carbocycles. The number of esters is 1. The maximum atomic E-state index is 12.9. The number of hydrogen-bond donors (Lipinski definition) is 1. The molecule has 1 N–H and O–H groups in total. The third-order valence-electron chi connectivity index (χ3n) is 6.50. The lowest BCUT2D eigenvalue weighted by Crippen LogP contribution is -2.09. The molecule has 188 valence electrons. The Balaban J connectivity index is 1.27. The van der Waals surface area contributed by atoms with Gasteiger partial charge < -0.3 is 9.72 Å². The number of aromatic amines is 1. The summed E-state index contributed by atoms with van der Waals surface area (Å²) in [6, 6.07) is 23.6. The topological polar surface area (TPSA) is 67.9 Å². The van der Waals surface area contributed by atoms with Gasteiger partial charge in [0.1, 0.15) is 5.52 Å². The molecule has 0 aliphatic rings. The maximum Gasteiger partial charge on any atom is 0.311 e. The first-order valence-corrected chi connectivity index (χ1v) is 14.0. The number of carbonyl (C=O) groups excluding carboxylic acids is 1. The largest absolute Gasteiger partial charge is 0.423 e. The van der Waals surface area contributed by atoms with Crippen LogP contribution in [0.4, 0.5) is 0 Å². The molecule has 3 aromatic heterocycles. The quantitative estimate of drug-likeness (QED) is 0.144. The number of ether oxygens (including phenoxy) is 1. The van der Waals surface area contributed by atoms with Crippen molar-refractivity contribution in [2.75, 3.05) is 0 Å². The summed E-state index contributed by atoms with van der Waals surface area (Å²) >= 11 is 13.4. The highest BCUT2D eigenvalue weighted by Gasteiger charge is 2.18. The number of nitrogens with zero attached hydrogens (tertiary/aromatic N) is 2. The van der Waals surface area contributed by atoms with Gasteiger partial charge in [-0.05, 0) is 76.8 Å². The van der Waals surface area contributed by atoms with Crippen LogP contribution in [-0.2, 0) is 11.2 Å². The molecule has 0 bridgehead atoms. The van der Waals surface area contributed by atoms with Crippen LogP contribution in [-0.4, -0.2) is 20.9 Å². The Kier molecular flexibility index (Phi) is 6.91. The highest BCUT2D eigenvalue weighted by molar-refractivity contribution is 9.11. The molecule has 0 unspecified atom stereocenters. The number of benzene rings is 3. The zero-order valence-electron chi connectivity index (χ0n) is 20.0. The molecule has 38 heavy (non-hydrogen) atoms. The van der Waals surface area contributed by atoms with Crippen LogP contribution >= 0.6 is 43.5 Å². The highest BCUT2D eigenvalue weighted by atomic mass is 79.9. The van der Waals surface area contributed by atoms with Gasteiger partial charge in [-0.15, -0.1) is 0 Å². The summed E-state index contributed by atoms with van der Waals surface area (Å²) in [5.74, 6) is 0.108. The number of para-hydroxylation sites is 1. The van der Waals surface area contributed by atoms with Crippen molar-refractivity contribution in [1.82, 2.24) is 15.0 Å². The lowest BCUT2D eigenvalue weighted by molar-refractivity contribution is -0.134. The van der Waals surface area contributed by atoms with E-state index in [9.17, 15) is 4.79 Å². The van der Waals surface area contributed by atoms with E-state index in [2.05, 4.69) is 47.9 Å². The van der Waals surface area contributed by atoms with Crippen molar-refractivity contribution in [2.24, 2.45) is 0 Å². The first-order valence-electron chi connectivity index (χ1n) is 12.1. The Morgan fingerprint density at radius 1 is 0.947 bits per heavy atom. The number of hydrogen-bond acceptors (Lipinski definition) is 4. The van der Waals surface area contributed by atoms with Crippen molar-refractivity contribution >= 4 is 82.1 Å². The summed E-state index contributed by atoms with van der Waals surface area (Å²) in [5, 5.41) is 3.65. The second-order valence-electron chi connectivity index (χ2n) is 8.95. The van der Waals surface area contributed by atoms with E-state index in [-0.39, 0.29) is 12.4 Å². The summed E-state index contributed by atoms with van der Waals surface area (Å²) in [6.45, 7) is 0. The van der Waals surface area contributed by atoms with E-state index in [4.69, 9.17) is 21.3 Å². The van der Waals surface area contributed by atoms with Crippen molar-refractivity contribution < 1.29 is 9.53 Å². The summed E-state index contributed by atoms with van der Waals surface area (Å²) in [7, 11) is 0. The fraction of sp³-hybridized carbons (Fsp3) is 0.100. The Morgan fingerprint density at radius 3 is 2.71 bits per heavy atom. The smallest absolute Gasteiger partial charge is 0.311 e. The Morgan fingerprint density at radius 2 is 1.82 bits per heavy atom. The normalized spacial score (nSPS) is 11.4. The number of fused-ring (bicyclic) bond motifs is 3. The van der Waals surface area contributed by atoms with Crippen molar-refractivity contribution in [1.29, 1.82) is 0 Å². The van der Waals surface area contributed by atoms with E-state index in [1.807, 2.05) is 66.7 Å². The van der Waals surface area contributed by atoms with Gasteiger partial charge >= 0.3 is 5.97 Å². The standard InChI is InChI=1S/C30H20Br2ClN3O2/c31-22-16-23(32)30(29-20(22)7-4-14-34-29)38-27(37)9-3-6-19-21-15-18(33)11-13-25(21)36-28(19)26-12-10-17-5-1-2-8-24(17)35-26/h1-2,4-5,7-8,10-16,36H,3,6,9H2. The van der Waals surface area contributed by atoms with Gasteiger partial charge in [0.2, 0.25) is 0 Å². The summed E-state index contributed by atoms with van der Waals surface area (Å²) in [4.78, 5) is 25.8. The molecule has 5 nitrogen and oxygen atoms in total. The molecular weight excluding hydrogens is 630 g/mol. The van der Waals surface area contributed by atoms with E-state index < -0.39 is 0 Å². The Hall–Kier alpha value is -3.26. The molecule has 0 atom stereocenters. The summed E-state index contributed by atoms with van der Waals surface area (Å²) < 4.78 is 7.33. The first kappa shape index (κ1) is 25.0. The third-order valence-corrected chi connectivity index (χ3v) is 7.98. The fourth-order valence-electron chi connectivity index (χ4n) is 4.72. The molecule has 0 saturated carbocycles. The predicted octanol–water partition coefficient (Wildman–Crippen LogP) is 9.04. The van der Waals surface area contributed by atoms with Gasteiger partial charge in [-0.3, -0.25) is 9.78 Å². The van der Waals surface area contributed by atoms with E-state index in [1.54, 1.807) is 6.20 Å². The van der Waals surface area contributed by atoms with Crippen molar-refractivity contribution in [3.8, 4) is 17.1 Å². The minimum atomic E-state index is -0.316. The Labute approximate surface area is 240 Å². The molecule has 8 heteroatoms. The van der Waals surface area contributed by atoms with E-state index in [1.165, 1.54) is 0 Å². The predicted molar refractivity (Wildman–Crippen MR) is 160 cm³/mol. The zero-order valence-corrected chi connectivity index (χ0v) is 23.9. The van der Waals surface area contributed by atoms with Gasteiger partial charge in [0.15, 0.2) is 5.75 Å². The SMILES string of the molecule is O=C(CCCc1c(-c2ccc3ccccc3n2)[nH]c2ccc(Cl)cc12)Oc1c(Br)cc(Br)c2cccnc12. The van der Waals surface area contributed by atoms with Crippen LogP contribution in [0, 0.1) is 0 Å². The molecule has 0 spiro atoms. The average Bonchev–Trinajstić information content (AvgIpc) is 3.28. The monoisotopic (exact) mass is 647 g/mol. The number of pyridine rings is 2. The van der Waals surface area contributed by atoms with Gasteiger partial charge in [-0.2, -0.15) is 0 Å². The Bertz CT molecular complexity index is 1850. The maximum absolute atomic E-state index is 12.9. The van der Waals surface area contributed by atoms with Crippen LogP contribution in [0.5, 0.6) is 5.75 Å². The molecule has 0 radical (unpaired) electrons. The lowest BCUT2D eigenvalue weighted by Gasteiger charge is -2.11. The number of aryl methyl sites for hydroxylation is 1. The molecule has 0 aliphatic heterocycles. The van der Waals surface area contributed by atoms with Crippen molar-refractivity contribution in [3.63, 3.8) is 0 Å². The van der Waals surface area contributed by atoms with Crippen LogP contribution in [0.2, 0.25) is 5.02 Å². The van der Waals surface area contributed by atoms with Crippen LogP contribution in [0.1, 0.15) is 18.4 Å². The summed E-state index contributed by atoms with van der Waals surface area (Å²) in [5.41, 5.74) is 5.40. The van der Waals surface area contributed by atoms with E-state index in [0.717, 1.165) is 48.6 Å². The zero-order chi connectivity index (χ0) is 26.2. The lowest BCUT2D eigenvalue weighted by atomic mass is 10.0. The molecule has 6 aromatic rings. The average molecular weight is 650 g/mol. The second-order valence-corrected chi connectivity index (χ2v) is 11.1. The minimum Gasteiger partial charge on any atom is -0.423 e. The van der Waals surface area contributed by atoms with Gasteiger partial charge in [0.25, 0.3) is 0 Å². The molecule has 3 heterocycles. The first-order chi connectivity index (χ1) is 18.5. The van der Waals surface area contributed by atoms with Gasteiger partial charge in [-0.1, -0.05) is 57.9 Å². The minimum absolute atomic E-state index is 0.245. The van der Waals surface area contributed by atoms with E-state index >= 15 is 0 Å². The van der Waals surface area contributed by atoms with Crippen molar-refractivity contribution in [2.45, 2.75) is 19.3 Å². The molecule has 3 aromatic carbocycles. The highest BCUT2D eigenvalue weighted by Crippen LogP contribution is 2.38. The number of rotatable bonds is 6. The number of halogens is 3. The van der Waals surface area contributed by atoms with Crippen LogP contribution in [0.25, 0.3) is 44.1 Å². The molecule has 6 rings (SSSR count). The molecule has 0 amide bonds. The number of carbonyl (C=O) groups is 1. The second kappa shape index (κ2) is 10.5. The van der Waals surface area contributed by atoms with Crippen LogP contribution < -0.4 is 4.74 Å². The van der Waals surface area contributed by atoms with Gasteiger partial charge in [-0.25, -0.2) is 4.98 Å². The van der Waals surface area contributed by atoms with Crippen LogP contribution in [0.3, 0.4) is 0 Å². The van der Waals surface area contributed by atoms with Gasteiger partial charge in [0.05, 0.1) is 21.4 Å². The number of H-pyrrole nitrogens is 1. The third kappa shape index (κ3) is 4.82. The van der Waals surface area contributed by atoms with Crippen LogP contribution in [0.15, 0.2) is 87.9 Å². The molecule has 0 fully saturated rings. The number of aromatic nitrogens is 3. The summed E-state index contributed by atoms with van der Waals surface area (Å²) in [6.07, 6.45) is 3.18. The van der Waals surface area contributed by atoms with Gasteiger partial charge in [0, 0.05) is 43.8 Å². The number of nitrogens with one attached hydrogen (secondary N) is 1. The molecule has 0 saturated heterocycles. The van der Waals surface area contributed by atoms with E-state index in [0.29, 0.717) is 33.6 Å². The molecular formula is C30H20Br2ClN3O2. The fourth-order valence-corrected chi connectivity index (χ4v) is 6.25.